The van der Waals surface area contributed by atoms with Crippen LogP contribution in [0.3, 0.4) is 0 Å². The van der Waals surface area contributed by atoms with Crippen molar-refractivity contribution < 1.29 is 27.6 Å². The van der Waals surface area contributed by atoms with Crippen LogP contribution in [0.1, 0.15) is 12.0 Å². The van der Waals surface area contributed by atoms with Gasteiger partial charge in [0.1, 0.15) is 16.9 Å². The molecule has 0 aliphatic carbocycles. The summed E-state index contributed by atoms with van der Waals surface area (Å²) in [6, 6.07) is 13.4. The highest BCUT2D eigenvalue weighted by atomic mass is 32.2. The van der Waals surface area contributed by atoms with Crippen LogP contribution < -0.4 is 10.5 Å². The highest BCUT2D eigenvalue weighted by Crippen LogP contribution is 2.35. The number of allylic oxidation sites excluding steroid dienone is 2. The molecule has 10 nitrogen and oxygen atoms in total. The Labute approximate surface area is 222 Å². The third kappa shape index (κ3) is 6.02. The molecule has 2 aromatic rings. The Bertz CT molecular complexity index is 1450. The highest BCUT2D eigenvalue weighted by Gasteiger charge is 2.48. The van der Waals surface area contributed by atoms with Gasteiger partial charge < -0.3 is 5.32 Å². The fourth-order valence-electron chi connectivity index (χ4n) is 3.68. The third-order valence-corrected chi connectivity index (χ3v) is 7.74. The lowest BCUT2D eigenvalue weighted by atomic mass is 10.2. The maximum atomic E-state index is 13.0. The number of hydrogen-bond acceptors (Lipinski definition) is 8. The minimum atomic E-state index is -3.89. The monoisotopic (exact) mass is 556 g/mol. The van der Waals surface area contributed by atoms with Gasteiger partial charge in [-0.3, -0.25) is 29.0 Å². The quantitative estimate of drug-likeness (QED) is 0.298. The Morgan fingerprint density at radius 2 is 1.78 bits per heavy atom. The van der Waals surface area contributed by atoms with Crippen LogP contribution in [0.15, 0.2) is 76.5 Å². The topological polar surface area (TPSA) is 147 Å². The summed E-state index contributed by atoms with van der Waals surface area (Å²) in [6.45, 7) is -0.574. The van der Waals surface area contributed by atoms with Gasteiger partial charge in [0, 0.05) is 5.69 Å². The van der Waals surface area contributed by atoms with Gasteiger partial charge in [0.25, 0.3) is 11.8 Å². The molecule has 4 amide bonds. The first-order valence-electron chi connectivity index (χ1n) is 10.8. The van der Waals surface area contributed by atoms with E-state index in [1.807, 2.05) is 36.4 Å². The van der Waals surface area contributed by atoms with Crippen molar-refractivity contribution in [3.8, 4) is 0 Å². The first-order valence-corrected chi connectivity index (χ1v) is 13.6. The Balaban J connectivity index is 1.40. The van der Waals surface area contributed by atoms with E-state index in [-0.39, 0.29) is 21.3 Å². The summed E-state index contributed by atoms with van der Waals surface area (Å²) in [5.74, 6) is -2.49. The summed E-state index contributed by atoms with van der Waals surface area (Å²) in [7, 11) is -3.89. The molecule has 2 aromatic carbocycles. The van der Waals surface area contributed by atoms with E-state index in [2.05, 4.69) is 5.32 Å². The molecule has 0 radical (unpaired) electrons. The molecule has 2 aliphatic heterocycles. The number of carbonyl (C=O) groups excluding carboxylic acids is 4. The standard InChI is InChI=1S/C24H20N4O6S3/c25-37(33,34)17-11-9-16(10-12-17)26-20(29)14-27-21(30)13-18(22(27)31)28-23(32)19(36-24(28)35)8-4-7-15-5-2-1-3-6-15/h1-12,18H,13-14H2,(H,26,29)(H2,25,33,34)/b7-4+,19-8-. The van der Waals surface area contributed by atoms with Gasteiger partial charge >= 0.3 is 0 Å². The van der Waals surface area contributed by atoms with Gasteiger partial charge in [0.15, 0.2) is 0 Å². The Morgan fingerprint density at radius 1 is 1.11 bits per heavy atom. The molecular formula is C24H20N4O6S3. The average molecular weight is 557 g/mol. The third-order valence-electron chi connectivity index (χ3n) is 5.46. The number of primary sulfonamides is 1. The highest BCUT2D eigenvalue weighted by molar-refractivity contribution is 8.26. The number of nitrogens with zero attached hydrogens (tertiary/aromatic N) is 2. The van der Waals surface area contributed by atoms with Gasteiger partial charge in [0.2, 0.25) is 21.8 Å². The van der Waals surface area contributed by atoms with Crippen LogP contribution in [0.4, 0.5) is 5.69 Å². The second kappa shape index (κ2) is 10.8. The molecule has 0 bridgehead atoms. The van der Waals surface area contributed by atoms with Gasteiger partial charge in [-0.05, 0) is 35.9 Å². The van der Waals surface area contributed by atoms with Crippen LogP contribution in [0.2, 0.25) is 0 Å². The minimum absolute atomic E-state index is 0.133. The molecule has 4 rings (SSSR count). The van der Waals surface area contributed by atoms with Crippen molar-refractivity contribution >= 4 is 73.7 Å². The van der Waals surface area contributed by atoms with Crippen LogP contribution in [0.5, 0.6) is 0 Å². The molecule has 1 unspecified atom stereocenters. The minimum Gasteiger partial charge on any atom is -0.325 e. The van der Waals surface area contributed by atoms with Crippen molar-refractivity contribution in [1.82, 2.24) is 9.80 Å². The predicted molar refractivity (Wildman–Crippen MR) is 142 cm³/mol. The number of nitrogens with two attached hydrogens (primary N) is 1. The van der Waals surface area contributed by atoms with E-state index >= 15 is 0 Å². The number of anilines is 1. The molecular weight excluding hydrogens is 536 g/mol. The first-order chi connectivity index (χ1) is 17.5. The van der Waals surface area contributed by atoms with Crippen LogP contribution >= 0.6 is 24.0 Å². The van der Waals surface area contributed by atoms with E-state index in [1.165, 1.54) is 24.3 Å². The normalized spacial score (nSPS) is 19.5. The number of amides is 4. The molecule has 13 heteroatoms. The van der Waals surface area contributed by atoms with Crippen molar-refractivity contribution in [3.63, 3.8) is 0 Å². The summed E-state index contributed by atoms with van der Waals surface area (Å²) in [5.41, 5.74) is 1.19. The lowest BCUT2D eigenvalue weighted by molar-refractivity contribution is -0.143. The molecule has 3 N–H and O–H groups in total. The number of sulfonamides is 1. The largest absolute Gasteiger partial charge is 0.325 e. The van der Waals surface area contributed by atoms with Crippen molar-refractivity contribution in [2.75, 3.05) is 11.9 Å². The van der Waals surface area contributed by atoms with Crippen LogP contribution in [-0.2, 0) is 29.2 Å². The van der Waals surface area contributed by atoms with Crippen LogP contribution in [0, 0.1) is 0 Å². The number of imide groups is 1. The molecule has 0 aromatic heterocycles. The maximum Gasteiger partial charge on any atom is 0.266 e. The zero-order valence-electron chi connectivity index (χ0n) is 19.1. The van der Waals surface area contributed by atoms with Crippen LogP contribution in [0.25, 0.3) is 6.08 Å². The van der Waals surface area contributed by atoms with Gasteiger partial charge in [-0.25, -0.2) is 13.6 Å². The van der Waals surface area contributed by atoms with E-state index in [1.54, 1.807) is 12.2 Å². The van der Waals surface area contributed by atoms with Gasteiger partial charge in [-0.15, -0.1) is 0 Å². The SMILES string of the molecule is NS(=O)(=O)c1ccc(NC(=O)CN2C(=O)CC(N3C(=O)/C(=C/C=C/c4ccccc4)SC3=S)C2=O)cc1. The number of thioether (sulfide) groups is 1. The second-order valence-corrected chi connectivity index (χ2v) is 11.2. The number of carbonyl (C=O) groups is 4. The molecule has 2 saturated heterocycles. The van der Waals surface area contributed by atoms with Crippen molar-refractivity contribution in [3.05, 3.63) is 77.2 Å². The predicted octanol–water partition coefficient (Wildman–Crippen LogP) is 1.86. The van der Waals surface area contributed by atoms with Crippen molar-refractivity contribution in [2.45, 2.75) is 17.4 Å². The molecule has 2 aliphatic rings. The number of nitrogens with one attached hydrogen (secondary N) is 1. The lowest BCUT2D eigenvalue weighted by Gasteiger charge is -2.21. The maximum absolute atomic E-state index is 13.0. The zero-order chi connectivity index (χ0) is 26.7. The number of benzene rings is 2. The fraction of sp³-hybridized carbons (Fsp3) is 0.125. The van der Waals surface area contributed by atoms with Crippen molar-refractivity contribution in [1.29, 1.82) is 0 Å². The number of likely N-dealkylation sites (tertiary alicyclic amines) is 1. The summed E-state index contributed by atoms with van der Waals surface area (Å²) in [4.78, 5) is 53.0. The number of rotatable bonds is 7. The summed E-state index contributed by atoms with van der Waals surface area (Å²) >= 11 is 6.34. The summed E-state index contributed by atoms with van der Waals surface area (Å²) in [5, 5.41) is 7.53. The second-order valence-electron chi connectivity index (χ2n) is 8.00. The number of thiocarbonyl (C=S) groups is 1. The van der Waals surface area contributed by atoms with Crippen molar-refractivity contribution in [2.24, 2.45) is 5.14 Å². The molecule has 0 spiro atoms. The molecule has 190 valence electrons. The average Bonchev–Trinajstić information content (AvgIpc) is 3.28. The smallest absolute Gasteiger partial charge is 0.266 e. The number of hydrogen-bond donors (Lipinski definition) is 2. The molecule has 0 saturated carbocycles. The van der Waals surface area contributed by atoms with E-state index in [0.717, 1.165) is 27.1 Å². The fourth-order valence-corrected chi connectivity index (χ4v) is 5.50. The van der Waals surface area contributed by atoms with E-state index in [4.69, 9.17) is 17.4 Å². The van der Waals surface area contributed by atoms with E-state index in [9.17, 15) is 27.6 Å². The molecule has 1 atom stereocenters. The Hall–Kier alpha value is -3.65. The summed E-state index contributed by atoms with van der Waals surface area (Å²) in [6.07, 6.45) is 4.82. The van der Waals surface area contributed by atoms with E-state index in [0.29, 0.717) is 4.91 Å². The van der Waals surface area contributed by atoms with E-state index < -0.39 is 46.2 Å². The molecule has 37 heavy (non-hydrogen) atoms. The lowest BCUT2D eigenvalue weighted by Crippen LogP contribution is -2.45. The molecule has 2 heterocycles. The van der Waals surface area contributed by atoms with Gasteiger partial charge in [0.05, 0.1) is 16.2 Å². The summed E-state index contributed by atoms with van der Waals surface area (Å²) < 4.78 is 22.8. The zero-order valence-corrected chi connectivity index (χ0v) is 21.5. The molecule has 2 fully saturated rings. The van der Waals surface area contributed by atoms with Gasteiger partial charge in [-0.2, -0.15) is 0 Å². The first kappa shape index (κ1) is 26.4. The Morgan fingerprint density at radius 3 is 2.43 bits per heavy atom. The Kier molecular flexibility index (Phi) is 7.68. The van der Waals surface area contributed by atoms with Gasteiger partial charge in [-0.1, -0.05) is 66.5 Å². The van der Waals surface area contributed by atoms with Crippen LogP contribution in [-0.4, -0.2) is 58.8 Å².